The van der Waals surface area contributed by atoms with Gasteiger partial charge in [0.1, 0.15) is 12.6 Å². The fourth-order valence-electron chi connectivity index (χ4n) is 2.33. The van der Waals surface area contributed by atoms with Gasteiger partial charge in [-0.25, -0.2) is 0 Å². The summed E-state index contributed by atoms with van der Waals surface area (Å²) in [7, 11) is 1.53. The molecule has 8 nitrogen and oxygen atoms in total. The second-order valence-electron chi connectivity index (χ2n) is 4.99. The van der Waals surface area contributed by atoms with Crippen molar-refractivity contribution >= 4 is 5.91 Å². The van der Waals surface area contributed by atoms with Crippen molar-refractivity contribution in [3.63, 3.8) is 0 Å². The van der Waals surface area contributed by atoms with Crippen LogP contribution in [0.3, 0.4) is 0 Å². The van der Waals surface area contributed by atoms with E-state index in [1.807, 2.05) is 0 Å². The zero-order valence-electron chi connectivity index (χ0n) is 12.3. The molecule has 3 rings (SSSR count). The Morgan fingerprint density at radius 2 is 2.18 bits per heavy atom. The summed E-state index contributed by atoms with van der Waals surface area (Å²) in [5.74, 6) is 0.914. The molecular weight excluding hydrogens is 286 g/mol. The molecule has 2 aromatic rings. The molecule has 0 spiro atoms. The van der Waals surface area contributed by atoms with Gasteiger partial charge in [0.25, 0.3) is 0 Å². The quantitative estimate of drug-likeness (QED) is 0.793. The zero-order chi connectivity index (χ0) is 15.4. The number of nitrogens with zero attached hydrogens (tertiary/aromatic N) is 5. The second-order valence-corrected chi connectivity index (χ2v) is 4.99. The Labute approximate surface area is 127 Å². The SMILES string of the molecule is COc1ccc(OC2CCN(C(=O)Cn3cccn3)C2)nn1. The minimum atomic E-state index is -0.0655. The van der Waals surface area contributed by atoms with E-state index in [0.717, 1.165) is 6.42 Å². The lowest BCUT2D eigenvalue weighted by Gasteiger charge is -2.16. The van der Waals surface area contributed by atoms with Crippen molar-refractivity contribution in [3.05, 3.63) is 30.6 Å². The van der Waals surface area contributed by atoms with Crippen molar-refractivity contribution in [1.29, 1.82) is 0 Å². The maximum Gasteiger partial charge on any atom is 0.244 e. The molecule has 1 aliphatic heterocycles. The molecule has 22 heavy (non-hydrogen) atoms. The molecule has 0 bridgehead atoms. The van der Waals surface area contributed by atoms with Crippen LogP contribution in [0.5, 0.6) is 11.8 Å². The lowest BCUT2D eigenvalue weighted by atomic mass is 10.3. The summed E-state index contributed by atoms with van der Waals surface area (Å²) in [5, 5.41) is 11.8. The maximum absolute atomic E-state index is 12.2. The first-order valence-corrected chi connectivity index (χ1v) is 7.04. The van der Waals surface area contributed by atoms with Crippen LogP contribution >= 0.6 is 0 Å². The van der Waals surface area contributed by atoms with Crippen LogP contribution in [0.4, 0.5) is 0 Å². The van der Waals surface area contributed by atoms with Gasteiger partial charge in [-0.1, -0.05) is 0 Å². The van der Waals surface area contributed by atoms with E-state index in [0.29, 0.717) is 24.8 Å². The third-order valence-corrected chi connectivity index (χ3v) is 3.47. The van der Waals surface area contributed by atoms with Crippen molar-refractivity contribution in [1.82, 2.24) is 24.9 Å². The predicted octanol–water partition coefficient (Wildman–Crippen LogP) is 0.362. The van der Waals surface area contributed by atoms with Gasteiger partial charge in [0.05, 0.1) is 13.7 Å². The van der Waals surface area contributed by atoms with E-state index < -0.39 is 0 Å². The summed E-state index contributed by atoms with van der Waals surface area (Å²) in [6, 6.07) is 5.20. The topological polar surface area (TPSA) is 82.4 Å². The van der Waals surface area contributed by atoms with E-state index >= 15 is 0 Å². The predicted molar refractivity (Wildman–Crippen MR) is 76.4 cm³/mol. The molecule has 116 valence electrons. The molecule has 0 aliphatic carbocycles. The molecule has 3 heterocycles. The molecule has 1 fully saturated rings. The van der Waals surface area contributed by atoms with Crippen LogP contribution in [-0.2, 0) is 11.3 Å². The Balaban J connectivity index is 1.52. The standard InChI is InChI=1S/C14H17N5O3/c1-21-12-3-4-13(17-16-12)22-11-5-8-18(9-11)14(20)10-19-7-2-6-15-19/h2-4,6-7,11H,5,8-10H2,1H3. The van der Waals surface area contributed by atoms with Crippen LogP contribution in [0.2, 0.25) is 0 Å². The van der Waals surface area contributed by atoms with Crippen molar-refractivity contribution in [2.45, 2.75) is 19.1 Å². The Hall–Kier alpha value is -2.64. The van der Waals surface area contributed by atoms with Crippen molar-refractivity contribution in [2.75, 3.05) is 20.2 Å². The highest BCUT2D eigenvalue weighted by molar-refractivity contribution is 5.76. The number of amides is 1. The fraction of sp³-hybridized carbons (Fsp3) is 0.429. The van der Waals surface area contributed by atoms with E-state index in [2.05, 4.69) is 15.3 Å². The van der Waals surface area contributed by atoms with E-state index in [1.165, 1.54) is 7.11 Å². The first-order chi connectivity index (χ1) is 10.7. The highest BCUT2D eigenvalue weighted by atomic mass is 16.5. The Kier molecular flexibility index (Phi) is 4.17. The normalized spacial score (nSPS) is 17.5. The Morgan fingerprint density at radius 1 is 1.36 bits per heavy atom. The van der Waals surface area contributed by atoms with Crippen molar-refractivity contribution < 1.29 is 14.3 Å². The average molecular weight is 303 g/mol. The van der Waals surface area contributed by atoms with Gasteiger partial charge in [0.15, 0.2) is 0 Å². The highest BCUT2D eigenvalue weighted by Crippen LogP contribution is 2.17. The summed E-state index contributed by atoms with van der Waals surface area (Å²) < 4.78 is 12.3. The second kappa shape index (κ2) is 6.42. The molecule has 0 aromatic carbocycles. The van der Waals surface area contributed by atoms with Gasteiger partial charge in [-0.05, 0) is 6.07 Å². The number of methoxy groups -OCH3 is 1. The van der Waals surface area contributed by atoms with Crippen LogP contribution in [0.15, 0.2) is 30.6 Å². The third-order valence-electron chi connectivity index (χ3n) is 3.47. The van der Waals surface area contributed by atoms with E-state index in [1.54, 1.807) is 40.2 Å². The lowest BCUT2D eigenvalue weighted by Crippen LogP contribution is -2.33. The molecule has 1 amide bonds. The number of ether oxygens (including phenoxy) is 2. The summed E-state index contributed by atoms with van der Waals surface area (Å²) in [5.41, 5.74) is 0. The summed E-state index contributed by atoms with van der Waals surface area (Å²) >= 11 is 0. The summed E-state index contributed by atoms with van der Waals surface area (Å²) in [6.45, 7) is 1.48. The average Bonchev–Trinajstić information content (AvgIpc) is 3.20. The van der Waals surface area contributed by atoms with Gasteiger partial charge >= 0.3 is 0 Å². The lowest BCUT2D eigenvalue weighted by molar-refractivity contribution is -0.131. The number of aromatic nitrogens is 4. The number of likely N-dealkylation sites (tertiary alicyclic amines) is 1. The fourth-order valence-corrected chi connectivity index (χ4v) is 2.33. The number of carbonyl (C=O) groups excluding carboxylic acids is 1. The van der Waals surface area contributed by atoms with Crippen LogP contribution in [0.25, 0.3) is 0 Å². The van der Waals surface area contributed by atoms with Crippen molar-refractivity contribution in [3.8, 4) is 11.8 Å². The summed E-state index contributed by atoms with van der Waals surface area (Å²) in [4.78, 5) is 13.9. The van der Waals surface area contributed by atoms with Crippen molar-refractivity contribution in [2.24, 2.45) is 0 Å². The van der Waals surface area contributed by atoms with E-state index in [9.17, 15) is 4.79 Å². The first kappa shape index (κ1) is 14.3. The molecule has 0 N–H and O–H groups in total. The molecule has 2 aromatic heterocycles. The molecular formula is C14H17N5O3. The zero-order valence-corrected chi connectivity index (χ0v) is 12.3. The Morgan fingerprint density at radius 3 is 2.86 bits per heavy atom. The Bertz CT molecular complexity index is 614. The van der Waals surface area contributed by atoms with Gasteiger partial charge < -0.3 is 14.4 Å². The molecule has 0 radical (unpaired) electrons. The molecule has 1 atom stereocenters. The molecule has 1 aliphatic rings. The number of carbonyl (C=O) groups is 1. The monoisotopic (exact) mass is 303 g/mol. The molecule has 0 saturated carbocycles. The van der Waals surface area contributed by atoms with Crippen LogP contribution in [0, 0.1) is 0 Å². The van der Waals surface area contributed by atoms with Crippen LogP contribution in [0.1, 0.15) is 6.42 Å². The maximum atomic E-state index is 12.2. The molecule has 1 unspecified atom stereocenters. The number of hydrogen-bond acceptors (Lipinski definition) is 6. The minimum absolute atomic E-state index is 0.0376. The molecule has 1 saturated heterocycles. The van der Waals surface area contributed by atoms with Crippen LogP contribution < -0.4 is 9.47 Å². The van der Waals surface area contributed by atoms with Gasteiger partial charge in [0, 0.05) is 37.5 Å². The first-order valence-electron chi connectivity index (χ1n) is 7.04. The van der Waals surface area contributed by atoms with Gasteiger partial charge in [0.2, 0.25) is 17.7 Å². The van der Waals surface area contributed by atoms with E-state index in [4.69, 9.17) is 9.47 Å². The van der Waals surface area contributed by atoms with Gasteiger partial charge in [-0.2, -0.15) is 5.10 Å². The number of hydrogen-bond donors (Lipinski definition) is 0. The van der Waals surface area contributed by atoms with E-state index in [-0.39, 0.29) is 18.6 Å². The van der Waals surface area contributed by atoms with Crippen LogP contribution in [-0.4, -0.2) is 57.1 Å². The van der Waals surface area contributed by atoms with Gasteiger partial charge in [-0.15, -0.1) is 10.2 Å². The third kappa shape index (κ3) is 3.33. The van der Waals surface area contributed by atoms with Gasteiger partial charge in [-0.3, -0.25) is 9.48 Å². The smallest absolute Gasteiger partial charge is 0.244 e. The highest BCUT2D eigenvalue weighted by Gasteiger charge is 2.28. The molecule has 8 heteroatoms. The number of rotatable bonds is 5. The minimum Gasteiger partial charge on any atom is -0.480 e. The summed E-state index contributed by atoms with van der Waals surface area (Å²) in [6.07, 6.45) is 4.14. The largest absolute Gasteiger partial charge is 0.480 e.